The molecule has 5 nitrogen and oxygen atoms in total. The fraction of sp³-hybridized carbons (Fsp3) is 0.867. The van der Waals surface area contributed by atoms with Crippen LogP contribution in [0.1, 0.15) is 46.0 Å². The Bertz CT molecular complexity index is 368. The number of amides is 2. The van der Waals surface area contributed by atoms with E-state index in [9.17, 15) is 9.59 Å². The summed E-state index contributed by atoms with van der Waals surface area (Å²) < 4.78 is 0. The van der Waals surface area contributed by atoms with Gasteiger partial charge < -0.3 is 16.0 Å². The molecule has 114 valence electrons. The van der Waals surface area contributed by atoms with E-state index in [1.807, 2.05) is 11.8 Å². The van der Waals surface area contributed by atoms with Crippen LogP contribution < -0.4 is 11.1 Å². The zero-order valence-corrected chi connectivity index (χ0v) is 12.6. The van der Waals surface area contributed by atoms with Gasteiger partial charge in [0.15, 0.2) is 0 Å². The summed E-state index contributed by atoms with van der Waals surface area (Å²) in [6.45, 7) is 5.74. The highest BCUT2D eigenvalue weighted by atomic mass is 16.2. The first kappa shape index (κ1) is 15.3. The first-order chi connectivity index (χ1) is 9.56. The van der Waals surface area contributed by atoms with Crippen LogP contribution in [0.2, 0.25) is 0 Å². The highest BCUT2D eigenvalue weighted by molar-refractivity contribution is 5.81. The third-order valence-electron chi connectivity index (χ3n) is 4.66. The van der Waals surface area contributed by atoms with Gasteiger partial charge in [-0.2, -0.15) is 0 Å². The number of piperidine rings is 1. The molecule has 1 saturated heterocycles. The zero-order valence-electron chi connectivity index (χ0n) is 12.6. The van der Waals surface area contributed by atoms with Crippen molar-refractivity contribution in [2.45, 2.75) is 58.0 Å². The number of rotatable bonds is 6. The van der Waals surface area contributed by atoms with Crippen LogP contribution in [0, 0.1) is 11.8 Å². The average Bonchev–Trinajstić information content (AvgIpc) is 3.28. The number of nitrogens with two attached hydrogens (primary N) is 1. The molecule has 3 N–H and O–H groups in total. The number of nitrogens with one attached hydrogen (secondary N) is 1. The summed E-state index contributed by atoms with van der Waals surface area (Å²) in [5.74, 6) is 0.772. The summed E-state index contributed by atoms with van der Waals surface area (Å²) in [6.07, 6.45) is 4.77. The van der Waals surface area contributed by atoms with Gasteiger partial charge in [-0.25, -0.2) is 0 Å². The van der Waals surface area contributed by atoms with Crippen LogP contribution in [-0.2, 0) is 9.59 Å². The van der Waals surface area contributed by atoms with Crippen LogP contribution in [0.15, 0.2) is 0 Å². The molecule has 1 saturated carbocycles. The van der Waals surface area contributed by atoms with Gasteiger partial charge in [-0.3, -0.25) is 9.59 Å². The Kier molecular flexibility index (Phi) is 5.02. The molecule has 0 aromatic carbocycles. The Hall–Kier alpha value is -1.10. The van der Waals surface area contributed by atoms with Crippen molar-refractivity contribution in [3.63, 3.8) is 0 Å². The largest absolute Gasteiger partial charge is 0.368 e. The second-order valence-corrected chi connectivity index (χ2v) is 6.15. The normalized spacial score (nSPS) is 28.2. The number of hydrogen-bond donors (Lipinski definition) is 2. The van der Waals surface area contributed by atoms with Gasteiger partial charge in [0.05, 0.1) is 6.04 Å². The van der Waals surface area contributed by atoms with Gasteiger partial charge in [0, 0.05) is 25.0 Å². The lowest BCUT2D eigenvalue weighted by Gasteiger charge is -2.40. The maximum Gasteiger partial charge on any atom is 0.234 e. The first-order valence-corrected chi connectivity index (χ1v) is 7.90. The van der Waals surface area contributed by atoms with Crippen LogP contribution >= 0.6 is 0 Å². The number of nitrogens with zero attached hydrogens (tertiary/aromatic N) is 1. The van der Waals surface area contributed by atoms with Crippen molar-refractivity contribution >= 4 is 11.8 Å². The van der Waals surface area contributed by atoms with Gasteiger partial charge in [-0.1, -0.05) is 20.3 Å². The van der Waals surface area contributed by atoms with Crippen molar-refractivity contribution in [2.24, 2.45) is 17.6 Å². The molecule has 2 aliphatic rings. The summed E-state index contributed by atoms with van der Waals surface area (Å²) in [5, 5.41) is 3.40. The van der Waals surface area contributed by atoms with E-state index >= 15 is 0 Å². The third kappa shape index (κ3) is 3.51. The Morgan fingerprint density at radius 2 is 2.00 bits per heavy atom. The summed E-state index contributed by atoms with van der Waals surface area (Å²) in [7, 11) is 0. The zero-order chi connectivity index (χ0) is 14.7. The Labute approximate surface area is 121 Å². The van der Waals surface area contributed by atoms with Crippen molar-refractivity contribution in [3.8, 4) is 0 Å². The molecular weight excluding hydrogens is 254 g/mol. The molecule has 1 aliphatic carbocycles. The number of likely N-dealkylation sites (tertiary alicyclic amines) is 1. The van der Waals surface area contributed by atoms with Crippen LogP contribution in [0.25, 0.3) is 0 Å². The first-order valence-electron chi connectivity index (χ1n) is 7.90. The Morgan fingerprint density at radius 3 is 2.50 bits per heavy atom. The molecule has 0 unspecified atom stereocenters. The maximum atomic E-state index is 12.1. The molecule has 20 heavy (non-hydrogen) atoms. The average molecular weight is 281 g/mol. The monoisotopic (exact) mass is 281 g/mol. The lowest BCUT2D eigenvalue weighted by atomic mass is 9.88. The number of carbonyl (C=O) groups is 2. The van der Waals surface area contributed by atoms with Gasteiger partial charge in [0.1, 0.15) is 0 Å². The molecule has 0 aromatic rings. The Balaban J connectivity index is 1.92. The summed E-state index contributed by atoms with van der Waals surface area (Å²) in [6, 6.07) is 0.0421. The highest BCUT2D eigenvalue weighted by Crippen LogP contribution is 2.33. The third-order valence-corrected chi connectivity index (χ3v) is 4.66. The molecule has 5 heteroatoms. The SMILES string of the molecule is CC[C@H]1CN(C(=O)C2CC2)CC[C@H]1N[C@@H](CC)C(N)=O. The second kappa shape index (κ2) is 6.57. The molecule has 0 spiro atoms. The minimum Gasteiger partial charge on any atom is -0.368 e. The van der Waals surface area contributed by atoms with Gasteiger partial charge in [0.25, 0.3) is 0 Å². The molecule has 2 rings (SSSR count). The van der Waals surface area contributed by atoms with E-state index in [2.05, 4.69) is 12.2 Å². The van der Waals surface area contributed by atoms with Gasteiger partial charge in [-0.15, -0.1) is 0 Å². The molecule has 1 aliphatic heterocycles. The molecule has 3 atom stereocenters. The molecule has 2 fully saturated rings. The fourth-order valence-corrected chi connectivity index (χ4v) is 3.11. The predicted molar refractivity (Wildman–Crippen MR) is 77.9 cm³/mol. The standard InChI is InChI=1S/C15H27N3O2/c1-3-10-9-18(15(20)11-5-6-11)8-7-13(10)17-12(4-2)14(16)19/h10-13,17H,3-9H2,1-2H3,(H2,16,19)/t10-,12-,13+/m0/s1. The summed E-state index contributed by atoms with van der Waals surface area (Å²) >= 11 is 0. The van der Waals surface area contributed by atoms with Crippen LogP contribution in [0.3, 0.4) is 0 Å². The summed E-state index contributed by atoms with van der Waals surface area (Å²) in [5.41, 5.74) is 5.41. The number of carbonyl (C=O) groups excluding carboxylic acids is 2. The van der Waals surface area contributed by atoms with Crippen molar-refractivity contribution in [1.29, 1.82) is 0 Å². The fourth-order valence-electron chi connectivity index (χ4n) is 3.11. The quantitative estimate of drug-likeness (QED) is 0.759. The molecule has 0 aromatic heterocycles. The topological polar surface area (TPSA) is 75.4 Å². The van der Waals surface area contributed by atoms with Crippen molar-refractivity contribution in [2.75, 3.05) is 13.1 Å². The van der Waals surface area contributed by atoms with E-state index in [0.717, 1.165) is 38.8 Å². The maximum absolute atomic E-state index is 12.1. The van der Waals surface area contributed by atoms with E-state index in [4.69, 9.17) is 5.73 Å². The minimum atomic E-state index is -0.279. The van der Waals surface area contributed by atoms with Gasteiger partial charge in [0.2, 0.25) is 11.8 Å². The van der Waals surface area contributed by atoms with Crippen molar-refractivity contribution < 1.29 is 9.59 Å². The molecule has 0 radical (unpaired) electrons. The lowest BCUT2D eigenvalue weighted by Crippen LogP contribution is -2.55. The second-order valence-electron chi connectivity index (χ2n) is 6.15. The van der Waals surface area contributed by atoms with Gasteiger partial charge >= 0.3 is 0 Å². The van der Waals surface area contributed by atoms with Gasteiger partial charge in [-0.05, 0) is 31.6 Å². The van der Waals surface area contributed by atoms with E-state index in [0.29, 0.717) is 30.2 Å². The van der Waals surface area contributed by atoms with E-state index in [-0.39, 0.29) is 11.9 Å². The van der Waals surface area contributed by atoms with Crippen LogP contribution in [0.5, 0.6) is 0 Å². The number of hydrogen-bond acceptors (Lipinski definition) is 3. The molecular formula is C15H27N3O2. The lowest BCUT2D eigenvalue weighted by molar-refractivity contribution is -0.135. The smallest absolute Gasteiger partial charge is 0.234 e. The van der Waals surface area contributed by atoms with Crippen LogP contribution in [-0.4, -0.2) is 41.9 Å². The van der Waals surface area contributed by atoms with E-state index < -0.39 is 0 Å². The van der Waals surface area contributed by atoms with E-state index in [1.165, 1.54) is 0 Å². The predicted octanol–water partition coefficient (Wildman–Crippen LogP) is 0.877. The summed E-state index contributed by atoms with van der Waals surface area (Å²) in [4.78, 5) is 25.5. The highest BCUT2D eigenvalue weighted by Gasteiger charge is 2.38. The number of primary amides is 1. The van der Waals surface area contributed by atoms with Crippen molar-refractivity contribution in [1.82, 2.24) is 10.2 Å². The van der Waals surface area contributed by atoms with Crippen LogP contribution in [0.4, 0.5) is 0 Å². The minimum absolute atomic E-state index is 0.250. The molecule has 1 heterocycles. The molecule has 0 bridgehead atoms. The van der Waals surface area contributed by atoms with E-state index in [1.54, 1.807) is 0 Å². The Morgan fingerprint density at radius 1 is 1.30 bits per heavy atom. The van der Waals surface area contributed by atoms with Crippen molar-refractivity contribution in [3.05, 3.63) is 0 Å². The molecule has 2 amide bonds.